The van der Waals surface area contributed by atoms with Crippen LogP contribution in [0.4, 0.5) is 0 Å². The van der Waals surface area contributed by atoms with Crippen LogP contribution < -0.4 is 0 Å². The maximum atomic E-state index is 12.9. The smallest absolute Gasteiger partial charge is 0.167 e. The van der Waals surface area contributed by atoms with Crippen LogP contribution >= 0.6 is 11.8 Å². The number of benzene rings is 1. The minimum absolute atomic E-state index is 0.103. The van der Waals surface area contributed by atoms with Gasteiger partial charge < -0.3 is 0 Å². The van der Waals surface area contributed by atoms with Crippen molar-refractivity contribution in [1.82, 2.24) is 14.7 Å². The highest BCUT2D eigenvalue weighted by Crippen LogP contribution is 2.25. The lowest BCUT2D eigenvalue weighted by molar-refractivity contribution is 0.0811. The summed E-state index contributed by atoms with van der Waals surface area (Å²) in [5.74, 6) is 0.394. The second-order valence-corrected chi connectivity index (χ2v) is 8.01. The number of nitrogens with zero attached hydrogens (tertiary/aromatic N) is 3. The van der Waals surface area contributed by atoms with E-state index in [1.165, 1.54) is 16.2 Å². The molecule has 1 atom stereocenters. The largest absolute Gasteiger partial charge is 0.298 e. The third-order valence-corrected chi connectivity index (χ3v) is 6.21. The third-order valence-electron chi connectivity index (χ3n) is 5.46. The summed E-state index contributed by atoms with van der Waals surface area (Å²) < 4.78 is 2.07. The molecule has 26 heavy (non-hydrogen) atoms. The molecule has 4 nitrogen and oxygen atoms in total. The maximum Gasteiger partial charge on any atom is 0.167 e. The van der Waals surface area contributed by atoms with Crippen LogP contribution in [0.3, 0.4) is 0 Å². The molecule has 0 bridgehead atoms. The number of likely N-dealkylation sites (tertiary alicyclic amines) is 1. The van der Waals surface area contributed by atoms with Gasteiger partial charge in [-0.3, -0.25) is 14.4 Å². The number of aromatic nitrogens is 2. The Bertz CT molecular complexity index is 766. The van der Waals surface area contributed by atoms with E-state index < -0.39 is 0 Å². The fourth-order valence-corrected chi connectivity index (χ4v) is 4.31. The van der Waals surface area contributed by atoms with Crippen LogP contribution in [0, 0.1) is 19.8 Å². The molecule has 0 N–H and O–H groups in total. The van der Waals surface area contributed by atoms with E-state index in [2.05, 4.69) is 41.7 Å². The molecule has 0 saturated carbocycles. The van der Waals surface area contributed by atoms with Gasteiger partial charge in [-0.15, -0.1) is 11.8 Å². The molecule has 0 aliphatic carbocycles. The van der Waals surface area contributed by atoms with E-state index in [0.717, 1.165) is 50.3 Å². The Balaban J connectivity index is 1.69. The fraction of sp³-hybridized carbons (Fsp3) is 0.524. The number of carbonyl (C=O) groups is 1. The highest BCUT2D eigenvalue weighted by Gasteiger charge is 2.27. The molecule has 3 rings (SSSR count). The number of ketones is 1. The summed E-state index contributed by atoms with van der Waals surface area (Å²) in [6.07, 6.45) is 4.13. The Labute approximate surface area is 161 Å². The molecule has 0 spiro atoms. The van der Waals surface area contributed by atoms with Crippen LogP contribution in [0.5, 0.6) is 0 Å². The summed E-state index contributed by atoms with van der Waals surface area (Å²) >= 11 is 1.71. The van der Waals surface area contributed by atoms with E-state index in [1.807, 2.05) is 24.3 Å². The minimum Gasteiger partial charge on any atom is -0.298 e. The van der Waals surface area contributed by atoms with E-state index in [4.69, 9.17) is 0 Å². The van der Waals surface area contributed by atoms with Crippen LogP contribution in [0.15, 0.2) is 29.2 Å². The number of aryl methyl sites for hydroxylation is 2. The highest BCUT2D eigenvalue weighted by molar-refractivity contribution is 7.98. The molecule has 5 heteroatoms. The molecule has 2 aromatic rings. The van der Waals surface area contributed by atoms with Crippen LogP contribution in [-0.4, -0.2) is 39.8 Å². The zero-order valence-corrected chi connectivity index (χ0v) is 17.1. The molecule has 2 heterocycles. The molecule has 1 saturated heterocycles. The van der Waals surface area contributed by atoms with E-state index >= 15 is 0 Å². The van der Waals surface area contributed by atoms with Crippen molar-refractivity contribution in [3.05, 3.63) is 46.8 Å². The van der Waals surface area contributed by atoms with Gasteiger partial charge in [-0.05, 0) is 58.5 Å². The first-order chi connectivity index (χ1) is 12.5. The van der Waals surface area contributed by atoms with Gasteiger partial charge in [-0.1, -0.05) is 12.1 Å². The normalized spacial score (nSPS) is 18.2. The third kappa shape index (κ3) is 4.04. The lowest BCUT2D eigenvalue weighted by Crippen LogP contribution is -2.38. The van der Waals surface area contributed by atoms with Crippen molar-refractivity contribution in [3.63, 3.8) is 0 Å². The van der Waals surface area contributed by atoms with Gasteiger partial charge in [0.2, 0.25) is 0 Å². The van der Waals surface area contributed by atoms with Crippen LogP contribution in [0.1, 0.15) is 47.1 Å². The Hall–Kier alpha value is -1.59. The molecular formula is C21H29N3OS. The summed E-state index contributed by atoms with van der Waals surface area (Å²) in [5.41, 5.74) is 4.54. The lowest BCUT2D eigenvalue weighted by Gasteiger charge is -2.32. The van der Waals surface area contributed by atoms with Crippen molar-refractivity contribution >= 4 is 17.5 Å². The van der Waals surface area contributed by atoms with Crippen molar-refractivity contribution in [2.75, 3.05) is 19.3 Å². The predicted molar refractivity (Wildman–Crippen MR) is 108 cm³/mol. The average Bonchev–Trinajstić information content (AvgIpc) is 2.95. The number of hydrogen-bond acceptors (Lipinski definition) is 4. The lowest BCUT2D eigenvalue weighted by atomic mass is 9.90. The molecule has 0 radical (unpaired) electrons. The van der Waals surface area contributed by atoms with Gasteiger partial charge in [-0.25, -0.2) is 0 Å². The monoisotopic (exact) mass is 371 g/mol. The molecule has 0 amide bonds. The van der Waals surface area contributed by atoms with Crippen molar-refractivity contribution in [1.29, 1.82) is 0 Å². The molecule has 1 unspecified atom stereocenters. The topological polar surface area (TPSA) is 38.1 Å². The second-order valence-electron chi connectivity index (χ2n) is 7.13. The van der Waals surface area contributed by atoms with Gasteiger partial charge >= 0.3 is 0 Å². The van der Waals surface area contributed by atoms with E-state index in [1.54, 1.807) is 11.8 Å². The summed E-state index contributed by atoms with van der Waals surface area (Å²) in [6.45, 7) is 10.1. The molecule has 1 aliphatic heterocycles. The van der Waals surface area contributed by atoms with E-state index in [9.17, 15) is 4.79 Å². The highest BCUT2D eigenvalue weighted by atomic mass is 32.2. The predicted octanol–water partition coefficient (Wildman–Crippen LogP) is 4.34. The van der Waals surface area contributed by atoms with Gasteiger partial charge in [0.1, 0.15) is 0 Å². The van der Waals surface area contributed by atoms with E-state index in [0.29, 0.717) is 5.78 Å². The Morgan fingerprint density at radius 1 is 1.27 bits per heavy atom. The standard InChI is InChI=1S/C21H29N3OS/c1-5-24-16(3)20(15(2)22-24)14-23-12-6-7-18(13-23)21(25)17-8-10-19(26-4)11-9-17/h8-11,18H,5-7,12-14H2,1-4H3. The van der Waals surface area contributed by atoms with Crippen molar-refractivity contribution < 1.29 is 4.79 Å². The Morgan fingerprint density at radius 3 is 2.62 bits per heavy atom. The molecule has 1 aliphatic rings. The number of rotatable bonds is 6. The summed E-state index contributed by atoms with van der Waals surface area (Å²) in [6, 6.07) is 8.05. The second kappa shape index (κ2) is 8.40. The Morgan fingerprint density at radius 2 is 2.00 bits per heavy atom. The maximum absolute atomic E-state index is 12.9. The van der Waals surface area contributed by atoms with E-state index in [-0.39, 0.29) is 5.92 Å². The average molecular weight is 372 g/mol. The Kier molecular flexibility index (Phi) is 6.20. The number of carbonyl (C=O) groups excluding carboxylic acids is 1. The molecule has 1 aromatic carbocycles. The van der Waals surface area contributed by atoms with Crippen molar-refractivity contribution in [2.24, 2.45) is 5.92 Å². The number of thioether (sulfide) groups is 1. The number of piperidine rings is 1. The summed E-state index contributed by atoms with van der Waals surface area (Å²) in [4.78, 5) is 16.6. The SMILES string of the molecule is CCn1nc(C)c(CN2CCCC(C(=O)c3ccc(SC)cc3)C2)c1C. The number of hydrogen-bond donors (Lipinski definition) is 0. The van der Waals surface area contributed by atoms with Crippen LogP contribution in [0.25, 0.3) is 0 Å². The molecule has 140 valence electrons. The van der Waals surface area contributed by atoms with Gasteiger partial charge in [0.15, 0.2) is 5.78 Å². The summed E-state index contributed by atoms with van der Waals surface area (Å²) in [5, 5.41) is 4.63. The first-order valence-electron chi connectivity index (χ1n) is 9.47. The molecular weight excluding hydrogens is 342 g/mol. The quantitative estimate of drug-likeness (QED) is 0.559. The van der Waals surface area contributed by atoms with Crippen LogP contribution in [0.2, 0.25) is 0 Å². The zero-order valence-electron chi connectivity index (χ0n) is 16.3. The molecule has 1 aromatic heterocycles. The van der Waals surface area contributed by atoms with Gasteiger partial charge in [-0.2, -0.15) is 5.10 Å². The van der Waals surface area contributed by atoms with Gasteiger partial charge in [0.05, 0.1) is 5.69 Å². The zero-order chi connectivity index (χ0) is 18.7. The van der Waals surface area contributed by atoms with Crippen molar-refractivity contribution in [3.8, 4) is 0 Å². The first-order valence-corrected chi connectivity index (χ1v) is 10.7. The number of Topliss-reactive ketones (excluding diaryl/α,β-unsaturated/α-hetero) is 1. The minimum atomic E-state index is 0.103. The first kappa shape index (κ1) is 19.2. The van der Waals surface area contributed by atoms with Crippen LogP contribution in [-0.2, 0) is 13.1 Å². The van der Waals surface area contributed by atoms with Gasteiger partial charge in [0, 0.05) is 47.3 Å². The van der Waals surface area contributed by atoms with Crippen molar-refractivity contribution in [2.45, 2.75) is 51.6 Å². The van der Waals surface area contributed by atoms with Gasteiger partial charge in [0.25, 0.3) is 0 Å². The fourth-order valence-electron chi connectivity index (χ4n) is 3.90. The summed E-state index contributed by atoms with van der Waals surface area (Å²) in [7, 11) is 0. The molecule has 1 fully saturated rings.